The quantitative estimate of drug-likeness (QED) is 0.835. The molecule has 4 rings (SSSR count). The van der Waals surface area contributed by atoms with E-state index in [2.05, 4.69) is 22.0 Å². The number of carbonyl (C=O) groups excluding carboxylic acids is 1. The van der Waals surface area contributed by atoms with E-state index >= 15 is 0 Å². The second-order valence-electron chi connectivity index (χ2n) is 7.33. The molecule has 21 heavy (non-hydrogen) atoms. The van der Waals surface area contributed by atoms with Gasteiger partial charge in [0.15, 0.2) is 5.82 Å². The van der Waals surface area contributed by atoms with Crippen LogP contribution in [0.4, 0.5) is 0 Å². The van der Waals surface area contributed by atoms with Gasteiger partial charge in [0.05, 0.1) is 0 Å². The van der Waals surface area contributed by atoms with Crippen molar-refractivity contribution in [3.63, 3.8) is 0 Å². The number of aromatic nitrogens is 2. The third-order valence-electron chi connectivity index (χ3n) is 5.28. The van der Waals surface area contributed by atoms with Crippen molar-refractivity contribution in [3.8, 4) is 0 Å². The highest BCUT2D eigenvalue weighted by Crippen LogP contribution is 2.47. The lowest BCUT2D eigenvalue weighted by Crippen LogP contribution is -2.34. The fourth-order valence-electron chi connectivity index (χ4n) is 3.23. The number of rotatable bonds is 5. The standard InChI is InChI=1S/C16H23N3O2/c1-16(7-8-16)15(20)19-9-6-11(10-19)2-5-13-17-14(21-18-13)12-3-4-12/h11-12H,2-10H2,1H3. The molecule has 0 radical (unpaired) electrons. The summed E-state index contributed by atoms with van der Waals surface area (Å²) in [4.78, 5) is 18.9. The Morgan fingerprint density at radius 2 is 2.19 bits per heavy atom. The normalized spacial score (nSPS) is 27.1. The van der Waals surface area contributed by atoms with Gasteiger partial charge < -0.3 is 9.42 Å². The number of hydrogen-bond acceptors (Lipinski definition) is 4. The summed E-state index contributed by atoms with van der Waals surface area (Å²) in [5.41, 5.74) is -0.0261. The lowest BCUT2D eigenvalue weighted by atomic mass is 10.0. The Hall–Kier alpha value is -1.39. The number of aryl methyl sites for hydroxylation is 1. The summed E-state index contributed by atoms with van der Waals surface area (Å²) in [6.07, 6.45) is 7.58. The number of hydrogen-bond donors (Lipinski definition) is 0. The molecular weight excluding hydrogens is 266 g/mol. The van der Waals surface area contributed by atoms with Crippen molar-refractivity contribution in [1.29, 1.82) is 0 Å². The minimum absolute atomic E-state index is 0.0261. The summed E-state index contributed by atoms with van der Waals surface area (Å²) < 4.78 is 5.29. The molecule has 1 aromatic heterocycles. The molecule has 5 nitrogen and oxygen atoms in total. The highest BCUT2D eigenvalue weighted by Gasteiger charge is 2.48. The highest BCUT2D eigenvalue weighted by atomic mass is 16.5. The zero-order valence-electron chi connectivity index (χ0n) is 12.7. The smallest absolute Gasteiger partial charge is 0.229 e. The van der Waals surface area contributed by atoms with Gasteiger partial charge in [-0.2, -0.15) is 4.98 Å². The van der Waals surface area contributed by atoms with E-state index < -0.39 is 0 Å². The zero-order valence-corrected chi connectivity index (χ0v) is 12.7. The summed E-state index contributed by atoms with van der Waals surface area (Å²) in [5, 5.41) is 4.08. The topological polar surface area (TPSA) is 59.2 Å². The van der Waals surface area contributed by atoms with E-state index in [-0.39, 0.29) is 5.41 Å². The fourth-order valence-corrected chi connectivity index (χ4v) is 3.23. The zero-order chi connectivity index (χ0) is 14.4. The van der Waals surface area contributed by atoms with Crippen LogP contribution in [0.2, 0.25) is 0 Å². The fraction of sp³-hybridized carbons (Fsp3) is 0.812. The largest absolute Gasteiger partial charge is 0.342 e. The van der Waals surface area contributed by atoms with Crippen LogP contribution in [0.5, 0.6) is 0 Å². The summed E-state index contributed by atoms with van der Waals surface area (Å²) in [6.45, 7) is 3.95. The molecule has 1 unspecified atom stereocenters. The molecule has 1 aromatic rings. The van der Waals surface area contributed by atoms with Crippen molar-refractivity contribution in [3.05, 3.63) is 11.7 Å². The van der Waals surface area contributed by atoms with Gasteiger partial charge in [-0.05, 0) is 44.4 Å². The Bertz CT molecular complexity index is 545. The monoisotopic (exact) mass is 289 g/mol. The van der Waals surface area contributed by atoms with Crippen molar-refractivity contribution >= 4 is 5.91 Å². The second-order valence-corrected chi connectivity index (χ2v) is 7.33. The van der Waals surface area contributed by atoms with Crippen LogP contribution < -0.4 is 0 Å². The van der Waals surface area contributed by atoms with Crippen molar-refractivity contribution in [2.45, 2.75) is 57.8 Å². The number of nitrogens with zero attached hydrogens (tertiary/aromatic N) is 3. The lowest BCUT2D eigenvalue weighted by molar-refractivity contribution is -0.135. The van der Waals surface area contributed by atoms with Crippen molar-refractivity contribution in [2.24, 2.45) is 11.3 Å². The molecular formula is C16H23N3O2. The molecule has 1 atom stereocenters. The molecule has 1 amide bonds. The van der Waals surface area contributed by atoms with Gasteiger partial charge in [-0.15, -0.1) is 0 Å². The molecule has 0 spiro atoms. The Kier molecular flexibility index (Phi) is 3.05. The molecule has 5 heteroatoms. The second kappa shape index (κ2) is 4.82. The van der Waals surface area contributed by atoms with E-state index in [1.165, 1.54) is 12.8 Å². The summed E-state index contributed by atoms with van der Waals surface area (Å²) in [6, 6.07) is 0. The van der Waals surface area contributed by atoms with Crippen LogP contribution in [-0.2, 0) is 11.2 Å². The van der Waals surface area contributed by atoms with Crippen LogP contribution in [0.25, 0.3) is 0 Å². The molecule has 2 heterocycles. The Morgan fingerprint density at radius 3 is 2.90 bits per heavy atom. The minimum atomic E-state index is -0.0261. The SMILES string of the molecule is CC1(C(=O)N2CCC(CCc3noc(C4CC4)n3)C2)CC1. The maximum atomic E-state index is 12.3. The van der Waals surface area contributed by atoms with Crippen molar-refractivity contribution in [2.75, 3.05) is 13.1 Å². The van der Waals surface area contributed by atoms with Crippen LogP contribution in [0, 0.1) is 11.3 Å². The molecule has 1 saturated heterocycles. The molecule has 0 N–H and O–H groups in total. The number of carbonyl (C=O) groups is 1. The minimum Gasteiger partial charge on any atom is -0.342 e. The van der Waals surface area contributed by atoms with Gasteiger partial charge in [0.25, 0.3) is 0 Å². The number of amides is 1. The van der Waals surface area contributed by atoms with Gasteiger partial charge in [0.1, 0.15) is 0 Å². The molecule has 2 saturated carbocycles. The van der Waals surface area contributed by atoms with E-state index in [1.54, 1.807) is 0 Å². The third-order valence-corrected chi connectivity index (χ3v) is 5.28. The predicted octanol–water partition coefficient (Wildman–Crippen LogP) is 2.53. The Balaban J connectivity index is 1.27. The molecule has 2 aliphatic carbocycles. The first-order chi connectivity index (χ1) is 10.1. The van der Waals surface area contributed by atoms with Crippen LogP contribution in [0.3, 0.4) is 0 Å². The summed E-state index contributed by atoms with van der Waals surface area (Å²) in [7, 11) is 0. The highest BCUT2D eigenvalue weighted by molar-refractivity contribution is 5.85. The van der Waals surface area contributed by atoms with E-state index in [4.69, 9.17) is 4.52 Å². The molecule has 114 valence electrons. The third kappa shape index (κ3) is 2.70. The molecule has 3 aliphatic rings. The van der Waals surface area contributed by atoms with Gasteiger partial charge in [-0.25, -0.2) is 0 Å². The first-order valence-corrected chi connectivity index (χ1v) is 8.26. The Morgan fingerprint density at radius 1 is 1.38 bits per heavy atom. The summed E-state index contributed by atoms with van der Waals surface area (Å²) in [5.74, 6) is 3.18. The van der Waals surface area contributed by atoms with Crippen LogP contribution in [0.1, 0.15) is 63.1 Å². The average Bonchev–Trinajstić information content (AvgIpc) is 3.37. The molecule has 1 aliphatic heterocycles. The first kappa shape index (κ1) is 13.3. The Labute approximate surface area is 125 Å². The van der Waals surface area contributed by atoms with E-state index in [1.807, 2.05) is 0 Å². The van der Waals surface area contributed by atoms with Gasteiger partial charge in [-0.3, -0.25) is 4.79 Å². The number of likely N-dealkylation sites (tertiary alicyclic amines) is 1. The van der Waals surface area contributed by atoms with Crippen LogP contribution >= 0.6 is 0 Å². The van der Waals surface area contributed by atoms with Crippen LogP contribution in [-0.4, -0.2) is 34.0 Å². The van der Waals surface area contributed by atoms with E-state index in [0.29, 0.717) is 17.7 Å². The van der Waals surface area contributed by atoms with Gasteiger partial charge >= 0.3 is 0 Å². The maximum absolute atomic E-state index is 12.3. The van der Waals surface area contributed by atoms with Gasteiger partial charge in [-0.1, -0.05) is 12.1 Å². The predicted molar refractivity (Wildman–Crippen MR) is 76.6 cm³/mol. The maximum Gasteiger partial charge on any atom is 0.229 e. The van der Waals surface area contributed by atoms with Crippen molar-refractivity contribution < 1.29 is 9.32 Å². The average molecular weight is 289 g/mol. The molecule has 3 fully saturated rings. The summed E-state index contributed by atoms with van der Waals surface area (Å²) >= 11 is 0. The first-order valence-electron chi connectivity index (χ1n) is 8.26. The van der Waals surface area contributed by atoms with Crippen LogP contribution in [0.15, 0.2) is 4.52 Å². The molecule has 0 bridgehead atoms. The van der Waals surface area contributed by atoms with Gasteiger partial charge in [0, 0.05) is 30.8 Å². The lowest BCUT2D eigenvalue weighted by Gasteiger charge is -2.20. The molecule has 0 aromatic carbocycles. The van der Waals surface area contributed by atoms with Gasteiger partial charge in [0.2, 0.25) is 11.8 Å². The van der Waals surface area contributed by atoms with Crippen molar-refractivity contribution in [1.82, 2.24) is 15.0 Å². The van der Waals surface area contributed by atoms with E-state index in [9.17, 15) is 4.79 Å². The van der Waals surface area contributed by atoms with E-state index in [0.717, 1.165) is 56.9 Å².